The number of hydrogen-bond donors (Lipinski definition) is 0. The number of alkyl halides is 1. The lowest BCUT2D eigenvalue weighted by Crippen LogP contribution is -2.29. The van der Waals surface area contributed by atoms with Gasteiger partial charge in [0.25, 0.3) is 0 Å². The number of carbonyl (C=O) groups is 1. The summed E-state index contributed by atoms with van der Waals surface area (Å²) in [4.78, 5) is 18.6. The van der Waals surface area contributed by atoms with Crippen molar-refractivity contribution < 1.29 is 4.79 Å². The molecule has 0 bridgehead atoms. The van der Waals surface area contributed by atoms with Crippen molar-refractivity contribution >= 4 is 34.5 Å². The van der Waals surface area contributed by atoms with Crippen LogP contribution in [0.3, 0.4) is 0 Å². The number of carbonyl (C=O) groups excluding carboxylic acids is 1. The minimum atomic E-state index is 0.178. The van der Waals surface area contributed by atoms with Gasteiger partial charge in [0.1, 0.15) is 5.01 Å². The molecule has 1 aliphatic rings. The van der Waals surface area contributed by atoms with Crippen molar-refractivity contribution in [1.29, 1.82) is 0 Å². The first kappa shape index (κ1) is 13.6. The van der Waals surface area contributed by atoms with Gasteiger partial charge < -0.3 is 4.90 Å². The van der Waals surface area contributed by atoms with Crippen LogP contribution in [0.1, 0.15) is 29.1 Å². The number of anilines is 1. The van der Waals surface area contributed by atoms with Crippen LogP contribution in [0, 0.1) is 0 Å². The predicted molar refractivity (Wildman–Crippen MR) is 82.2 cm³/mol. The third kappa shape index (κ3) is 2.72. The van der Waals surface area contributed by atoms with Gasteiger partial charge in [-0.1, -0.05) is 18.2 Å². The average molecular weight is 307 g/mol. The molecule has 0 saturated carbocycles. The molecule has 0 atom stereocenters. The highest BCUT2D eigenvalue weighted by Crippen LogP contribution is 2.28. The molecule has 3 nitrogen and oxygen atoms in total. The summed E-state index contributed by atoms with van der Waals surface area (Å²) in [5.41, 5.74) is 3.15. The molecule has 0 aliphatic carbocycles. The summed E-state index contributed by atoms with van der Waals surface area (Å²) < 4.78 is 0. The Hall–Kier alpha value is -1.39. The largest absolute Gasteiger partial charge is 0.305 e. The first-order valence-electron chi connectivity index (χ1n) is 6.65. The van der Waals surface area contributed by atoms with E-state index in [0.29, 0.717) is 18.8 Å². The van der Waals surface area contributed by atoms with Crippen LogP contribution in [-0.2, 0) is 23.6 Å². The van der Waals surface area contributed by atoms with Crippen LogP contribution in [0.25, 0.3) is 0 Å². The van der Waals surface area contributed by atoms with Gasteiger partial charge in [-0.25, -0.2) is 4.98 Å². The number of rotatable bonds is 3. The molecule has 1 aromatic carbocycles. The Morgan fingerprint density at radius 2 is 2.15 bits per heavy atom. The lowest BCUT2D eigenvalue weighted by Gasteiger charge is -2.21. The summed E-state index contributed by atoms with van der Waals surface area (Å²) in [7, 11) is 0. The number of fused-ring (bicyclic) bond motifs is 1. The van der Waals surface area contributed by atoms with E-state index in [2.05, 4.69) is 11.1 Å². The van der Waals surface area contributed by atoms with Crippen molar-refractivity contribution in [2.75, 3.05) is 4.90 Å². The fourth-order valence-corrected chi connectivity index (χ4v) is 3.49. The molecule has 0 N–H and O–H groups in total. The Morgan fingerprint density at radius 1 is 1.30 bits per heavy atom. The summed E-state index contributed by atoms with van der Waals surface area (Å²) in [5.74, 6) is 0.596. The second-order valence-corrected chi connectivity index (χ2v) is 6.04. The maximum atomic E-state index is 12.3. The average Bonchev–Trinajstić information content (AvgIpc) is 2.87. The third-order valence-corrected chi connectivity index (χ3v) is 4.61. The van der Waals surface area contributed by atoms with Gasteiger partial charge in [0, 0.05) is 17.5 Å². The van der Waals surface area contributed by atoms with Crippen LogP contribution in [0.5, 0.6) is 0 Å². The summed E-state index contributed by atoms with van der Waals surface area (Å²) >= 11 is 7.34. The highest BCUT2D eigenvalue weighted by Gasteiger charge is 2.22. The van der Waals surface area contributed by atoms with Gasteiger partial charge in [0.15, 0.2) is 0 Å². The number of aromatic nitrogens is 1. The summed E-state index contributed by atoms with van der Waals surface area (Å²) in [6.45, 7) is 0.539. The number of amides is 1. The second-order valence-electron chi connectivity index (χ2n) is 4.83. The maximum Gasteiger partial charge on any atom is 0.227 e. The van der Waals surface area contributed by atoms with Gasteiger partial charge in [-0.2, -0.15) is 0 Å². The molecule has 0 spiro atoms. The van der Waals surface area contributed by atoms with E-state index in [1.54, 1.807) is 11.3 Å². The van der Waals surface area contributed by atoms with Crippen molar-refractivity contribution in [2.24, 2.45) is 0 Å². The van der Waals surface area contributed by atoms with E-state index < -0.39 is 0 Å². The molecule has 0 saturated heterocycles. The first-order valence-corrected chi connectivity index (χ1v) is 8.07. The quantitative estimate of drug-likeness (QED) is 0.809. The topological polar surface area (TPSA) is 33.2 Å². The van der Waals surface area contributed by atoms with Gasteiger partial charge in [-0.15, -0.1) is 22.9 Å². The van der Waals surface area contributed by atoms with E-state index in [0.717, 1.165) is 29.2 Å². The molecule has 1 aromatic heterocycles. The molecule has 2 heterocycles. The first-order chi connectivity index (χ1) is 9.78. The van der Waals surface area contributed by atoms with Gasteiger partial charge in [0.2, 0.25) is 5.91 Å². The Balaban J connectivity index is 1.91. The molecular formula is C15H15ClN2OS. The molecule has 0 unspecified atom stereocenters. The third-order valence-electron chi connectivity index (χ3n) is 3.45. The standard InChI is InChI=1S/C15H15ClN2OS/c16-8-12-10-20-14(17-12)9-18-13-6-2-1-4-11(13)5-3-7-15(18)19/h1-2,4,6,10H,3,5,7-9H2. The van der Waals surface area contributed by atoms with Crippen LogP contribution >= 0.6 is 22.9 Å². The van der Waals surface area contributed by atoms with Crippen LogP contribution in [0.4, 0.5) is 5.69 Å². The molecule has 104 valence electrons. The molecule has 20 heavy (non-hydrogen) atoms. The van der Waals surface area contributed by atoms with Crippen LogP contribution < -0.4 is 4.90 Å². The Bertz CT molecular complexity index is 626. The zero-order valence-corrected chi connectivity index (χ0v) is 12.6. The molecule has 2 aromatic rings. The predicted octanol–water partition coefficient (Wildman–Crippen LogP) is 3.75. The molecule has 0 radical (unpaired) electrons. The number of thiazole rings is 1. The summed E-state index contributed by atoms with van der Waals surface area (Å²) in [6.07, 6.45) is 2.47. The molecule has 1 amide bonds. The van der Waals surface area contributed by atoms with E-state index in [1.807, 2.05) is 28.5 Å². The van der Waals surface area contributed by atoms with E-state index in [1.165, 1.54) is 5.56 Å². The van der Waals surface area contributed by atoms with Crippen molar-refractivity contribution in [3.8, 4) is 0 Å². The zero-order chi connectivity index (χ0) is 13.9. The van der Waals surface area contributed by atoms with E-state index >= 15 is 0 Å². The number of nitrogens with zero attached hydrogens (tertiary/aromatic N) is 2. The van der Waals surface area contributed by atoms with Gasteiger partial charge in [-0.05, 0) is 24.5 Å². The van der Waals surface area contributed by atoms with Crippen LogP contribution in [0.15, 0.2) is 29.6 Å². The fraction of sp³-hybridized carbons (Fsp3) is 0.333. The highest BCUT2D eigenvalue weighted by atomic mass is 35.5. The molecule has 0 fully saturated rings. The number of aryl methyl sites for hydroxylation is 1. The monoisotopic (exact) mass is 306 g/mol. The number of benzene rings is 1. The van der Waals surface area contributed by atoms with E-state index in [-0.39, 0.29) is 5.91 Å². The lowest BCUT2D eigenvalue weighted by molar-refractivity contribution is -0.118. The van der Waals surface area contributed by atoms with Gasteiger partial charge in [-0.3, -0.25) is 4.79 Å². The normalized spacial score (nSPS) is 15.1. The van der Waals surface area contributed by atoms with Crippen LogP contribution in [0.2, 0.25) is 0 Å². The van der Waals surface area contributed by atoms with Gasteiger partial charge >= 0.3 is 0 Å². The number of para-hydroxylation sites is 1. The highest BCUT2D eigenvalue weighted by molar-refractivity contribution is 7.09. The van der Waals surface area contributed by atoms with E-state index in [9.17, 15) is 4.79 Å². The molecule has 1 aliphatic heterocycles. The summed E-state index contributed by atoms with van der Waals surface area (Å²) in [6, 6.07) is 8.14. The van der Waals surface area contributed by atoms with Crippen molar-refractivity contribution in [1.82, 2.24) is 4.98 Å². The van der Waals surface area contributed by atoms with Crippen molar-refractivity contribution in [3.63, 3.8) is 0 Å². The maximum absolute atomic E-state index is 12.3. The Morgan fingerprint density at radius 3 is 2.95 bits per heavy atom. The van der Waals surface area contributed by atoms with Crippen molar-refractivity contribution in [3.05, 3.63) is 45.9 Å². The minimum absolute atomic E-state index is 0.178. The SMILES string of the molecule is O=C1CCCc2ccccc2N1Cc1nc(CCl)cs1. The van der Waals surface area contributed by atoms with Crippen molar-refractivity contribution in [2.45, 2.75) is 31.7 Å². The summed E-state index contributed by atoms with van der Waals surface area (Å²) in [5, 5.41) is 2.89. The lowest BCUT2D eigenvalue weighted by atomic mass is 10.1. The molecule has 5 heteroatoms. The fourth-order valence-electron chi connectivity index (χ4n) is 2.48. The Labute approximate surface area is 127 Å². The molecular weight excluding hydrogens is 292 g/mol. The minimum Gasteiger partial charge on any atom is -0.305 e. The smallest absolute Gasteiger partial charge is 0.227 e. The zero-order valence-electron chi connectivity index (χ0n) is 11.0. The Kier molecular flexibility index (Phi) is 4.03. The van der Waals surface area contributed by atoms with Gasteiger partial charge in [0.05, 0.1) is 18.1 Å². The molecule has 3 rings (SSSR count). The van der Waals surface area contributed by atoms with Crippen LogP contribution in [-0.4, -0.2) is 10.9 Å². The number of hydrogen-bond acceptors (Lipinski definition) is 3. The van der Waals surface area contributed by atoms with E-state index in [4.69, 9.17) is 11.6 Å². The number of halogens is 1. The second kappa shape index (κ2) is 5.94.